The second-order valence-corrected chi connectivity index (χ2v) is 7.64. The summed E-state index contributed by atoms with van der Waals surface area (Å²) in [7, 11) is 0. The van der Waals surface area contributed by atoms with Crippen molar-refractivity contribution in [1.29, 1.82) is 0 Å². The minimum atomic E-state index is 0.391. The van der Waals surface area contributed by atoms with Gasteiger partial charge in [0.2, 0.25) is 0 Å². The van der Waals surface area contributed by atoms with Crippen LogP contribution in [0.1, 0.15) is 36.9 Å². The van der Waals surface area contributed by atoms with Crippen molar-refractivity contribution >= 4 is 5.82 Å². The molecule has 0 aliphatic heterocycles. The molecule has 3 heterocycles. The smallest absolute Gasteiger partial charge is 0.126 e. The predicted octanol–water partition coefficient (Wildman–Crippen LogP) is 4.21. The Bertz CT molecular complexity index is 888. The molecule has 0 amide bonds. The van der Waals surface area contributed by atoms with Crippen LogP contribution >= 0.6 is 0 Å². The maximum atomic E-state index is 6.03. The molecule has 0 atom stereocenters. The molecule has 0 radical (unpaired) electrons. The number of hydrogen-bond donors (Lipinski definition) is 2. The minimum absolute atomic E-state index is 0.391. The summed E-state index contributed by atoms with van der Waals surface area (Å²) in [6.45, 7) is 0.727. The van der Waals surface area contributed by atoms with Crippen molar-refractivity contribution in [2.75, 3.05) is 5.32 Å². The van der Waals surface area contributed by atoms with Crippen molar-refractivity contribution in [2.24, 2.45) is 11.7 Å². The largest absolute Gasteiger partial charge is 0.366 e. The zero-order valence-electron chi connectivity index (χ0n) is 16.1. The summed E-state index contributed by atoms with van der Waals surface area (Å²) in [5, 5.41) is 3.39. The minimum Gasteiger partial charge on any atom is -0.366 e. The van der Waals surface area contributed by atoms with E-state index in [1.54, 1.807) is 12.4 Å². The molecule has 28 heavy (non-hydrogen) atoms. The van der Waals surface area contributed by atoms with Gasteiger partial charge < -0.3 is 11.1 Å². The summed E-state index contributed by atoms with van der Waals surface area (Å²) < 4.78 is 0. The van der Waals surface area contributed by atoms with Gasteiger partial charge in [0.25, 0.3) is 0 Å². The Morgan fingerprint density at radius 2 is 1.79 bits per heavy atom. The molecule has 1 aliphatic carbocycles. The fourth-order valence-electron chi connectivity index (χ4n) is 3.82. The number of nitrogens with one attached hydrogen (secondary N) is 1. The molecule has 5 heteroatoms. The highest BCUT2D eigenvalue weighted by atomic mass is 15.0. The Hall–Kier alpha value is -2.79. The van der Waals surface area contributed by atoms with Gasteiger partial charge >= 0.3 is 0 Å². The standard InChI is InChI=1S/C23H27N5/c24-20-6-4-17(5-7-20)14-21-15-19(10-13-26-21)22-2-1-3-23(28-22)27-16-18-8-11-25-12-9-18/h1-3,8-13,15,17,20H,4-7,14,16,24H2,(H,27,28). The lowest BCUT2D eigenvalue weighted by Gasteiger charge is -2.25. The topological polar surface area (TPSA) is 76.7 Å². The first-order valence-electron chi connectivity index (χ1n) is 10.1. The van der Waals surface area contributed by atoms with Crippen molar-refractivity contribution in [2.45, 2.75) is 44.7 Å². The normalized spacial score (nSPS) is 19.3. The van der Waals surface area contributed by atoms with Gasteiger partial charge in [-0.05, 0) is 80.0 Å². The van der Waals surface area contributed by atoms with Crippen molar-refractivity contribution in [3.05, 3.63) is 72.3 Å². The van der Waals surface area contributed by atoms with Crippen molar-refractivity contribution in [3.8, 4) is 11.3 Å². The first kappa shape index (κ1) is 18.6. The fraction of sp³-hybridized carbons (Fsp3) is 0.348. The third-order valence-electron chi connectivity index (χ3n) is 5.47. The van der Waals surface area contributed by atoms with E-state index in [9.17, 15) is 0 Å². The summed E-state index contributed by atoms with van der Waals surface area (Å²) in [5.41, 5.74) is 10.4. The lowest BCUT2D eigenvalue weighted by Crippen LogP contribution is -2.27. The van der Waals surface area contributed by atoms with E-state index in [1.165, 1.54) is 18.4 Å². The van der Waals surface area contributed by atoms with Crippen molar-refractivity contribution < 1.29 is 0 Å². The summed E-state index contributed by atoms with van der Waals surface area (Å²) in [5.74, 6) is 1.57. The third kappa shape index (κ3) is 4.93. The van der Waals surface area contributed by atoms with Crippen LogP contribution < -0.4 is 11.1 Å². The number of hydrogen-bond acceptors (Lipinski definition) is 5. The van der Waals surface area contributed by atoms with E-state index in [-0.39, 0.29) is 0 Å². The summed E-state index contributed by atoms with van der Waals surface area (Å²) in [6.07, 6.45) is 11.2. The number of nitrogens with two attached hydrogens (primary N) is 1. The molecular weight excluding hydrogens is 346 g/mol. The van der Waals surface area contributed by atoms with Gasteiger partial charge in [-0.3, -0.25) is 9.97 Å². The molecule has 5 nitrogen and oxygen atoms in total. The molecule has 3 aromatic rings. The predicted molar refractivity (Wildman–Crippen MR) is 113 cm³/mol. The van der Waals surface area contributed by atoms with Crippen LogP contribution in [0.25, 0.3) is 11.3 Å². The number of anilines is 1. The van der Waals surface area contributed by atoms with E-state index in [0.717, 1.165) is 48.6 Å². The van der Waals surface area contributed by atoms with Crippen LogP contribution in [0.2, 0.25) is 0 Å². The summed E-state index contributed by atoms with van der Waals surface area (Å²) >= 11 is 0. The number of rotatable bonds is 6. The lowest BCUT2D eigenvalue weighted by molar-refractivity contribution is 0.323. The van der Waals surface area contributed by atoms with Gasteiger partial charge in [-0.1, -0.05) is 6.07 Å². The van der Waals surface area contributed by atoms with Gasteiger partial charge in [-0.15, -0.1) is 0 Å². The number of pyridine rings is 3. The van der Waals surface area contributed by atoms with Gasteiger partial charge in [-0.2, -0.15) is 0 Å². The molecule has 0 unspecified atom stereocenters. The van der Waals surface area contributed by atoms with E-state index in [4.69, 9.17) is 10.7 Å². The molecule has 0 spiro atoms. The second-order valence-electron chi connectivity index (χ2n) is 7.64. The average Bonchev–Trinajstić information content (AvgIpc) is 2.75. The van der Waals surface area contributed by atoms with Crippen LogP contribution in [0, 0.1) is 5.92 Å². The highest BCUT2D eigenvalue weighted by molar-refractivity contribution is 5.61. The highest BCUT2D eigenvalue weighted by Gasteiger charge is 2.19. The Labute approximate surface area is 166 Å². The van der Waals surface area contributed by atoms with Gasteiger partial charge in [0.05, 0.1) is 5.69 Å². The molecule has 144 valence electrons. The fourth-order valence-corrected chi connectivity index (χ4v) is 3.82. The van der Waals surface area contributed by atoms with Crippen LogP contribution in [0.4, 0.5) is 5.82 Å². The Morgan fingerprint density at radius 1 is 0.964 bits per heavy atom. The van der Waals surface area contributed by atoms with Crippen molar-refractivity contribution in [3.63, 3.8) is 0 Å². The van der Waals surface area contributed by atoms with Crippen LogP contribution in [0.5, 0.6) is 0 Å². The number of nitrogens with zero attached hydrogens (tertiary/aromatic N) is 3. The molecule has 3 N–H and O–H groups in total. The second kappa shape index (κ2) is 8.93. The summed E-state index contributed by atoms with van der Waals surface area (Å²) in [6, 6.07) is 14.7. The Balaban J connectivity index is 1.43. The third-order valence-corrected chi connectivity index (χ3v) is 5.47. The molecule has 1 fully saturated rings. The molecule has 1 saturated carbocycles. The number of aromatic nitrogens is 3. The quantitative estimate of drug-likeness (QED) is 0.677. The average molecular weight is 374 g/mol. The molecular formula is C23H27N5. The SMILES string of the molecule is NC1CCC(Cc2cc(-c3cccc(NCc4ccncc4)n3)ccn2)CC1. The molecule has 0 aromatic carbocycles. The molecule has 0 saturated heterocycles. The van der Waals surface area contributed by atoms with Gasteiger partial charge in [0.1, 0.15) is 5.82 Å². The van der Waals surface area contributed by atoms with E-state index >= 15 is 0 Å². The Kier molecular flexibility index (Phi) is 5.92. The van der Waals surface area contributed by atoms with E-state index in [2.05, 4.69) is 27.4 Å². The first-order valence-corrected chi connectivity index (χ1v) is 10.1. The van der Waals surface area contributed by atoms with Crippen LogP contribution in [-0.4, -0.2) is 21.0 Å². The molecule has 3 aromatic heterocycles. The monoisotopic (exact) mass is 373 g/mol. The first-order chi connectivity index (χ1) is 13.8. The molecule has 4 rings (SSSR count). The lowest BCUT2D eigenvalue weighted by atomic mass is 9.83. The maximum absolute atomic E-state index is 6.03. The zero-order chi connectivity index (χ0) is 19.2. The van der Waals surface area contributed by atoms with Gasteiger partial charge in [0.15, 0.2) is 0 Å². The maximum Gasteiger partial charge on any atom is 0.126 e. The van der Waals surface area contributed by atoms with Crippen molar-refractivity contribution in [1.82, 2.24) is 15.0 Å². The Morgan fingerprint density at radius 3 is 2.61 bits per heavy atom. The van der Waals surface area contributed by atoms with Crippen LogP contribution in [-0.2, 0) is 13.0 Å². The van der Waals surface area contributed by atoms with Crippen LogP contribution in [0.15, 0.2) is 61.1 Å². The van der Waals surface area contributed by atoms with Gasteiger partial charge in [-0.25, -0.2) is 4.98 Å². The summed E-state index contributed by atoms with van der Waals surface area (Å²) in [4.78, 5) is 13.4. The van der Waals surface area contributed by atoms with Gasteiger partial charge in [0, 0.05) is 42.4 Å². The zero-order valence-corrected chi connectivity index (χ0v) is 16.1. The highest BCUT2D eigenvalue weighted by Crippen LogP contribution is 2.27. The molecule has 1 aliphatic rings. The van der Waals surface area contributed by atoms with E-state index < -0.39 is 0 Å². The molecule has 0 bridgehead atoms. The van der Waals surface area contributed by atoms with E-state index in [1.807, 2.05) is 36.5 Å². The van der Waals surface area contributed by atoms with E-state index in [0.29, 0.717) is 12.0 Å². The van der Waals surface area contributed by atoms with Crippen LogP contribution in [0.3, 0.4) is 0 Å².